The second kappa shape index (κ2) is 3.98. The van der Waals surface area contributed by atoms with Crippen LogP contribution in [0, 0.1) is 0 Å². The van der Waals surface area contributed by atoms with E-state index in [1.165, 1.54) is 0 Å². The van der Waals surface area contributed by atoms with Crippen molar-refractivity contribution in [3.05, 3.63) is 12.4 Å². The van der Waals surface area contributed by atoms with Crippen molar-refractivity contribution in [2.24, 2.45) is 0 Å². The second-order valence-electron chi connectivity index (χ2n) is 4.19. The largest absolute Gasteiger partial charge is 0.390 e. The molecular formula is C10H15N3OS. The molecule has 0 bridgehead atoms. The number of thioether (sulfide) groups is 1. The van der Waals surface area contributed by atoms with E-state index in [9.17, 15) is 5.11 Å². The van der Waals surface area contributed by atoms with Gasteiger partial charge in [0.15, 0.2) is 0 Å². The van der Waals surface area contributed by atoms with E-state index >= 15 is 0 Å². The number of hydrogen-bond acceptors (Lipinski definition) is 5. The summed E-state index contributed by atoms with van der Waals surface area (Å²) >= 11 is 1.59. The number of nitrogens with zero attached hydrogens (tertiary/aromatic N) is 2. The highest BCUT2D eigenvalue weighted by Gasteiger charge is 2.38. The van der Waals surface area contributed by atoms with E-state index in [2.05, 4.69) is 15.3 Å². The molecule has 82 valence electrons. The van der Waals surface area contributed by atoms with Crippen molar-refractivity contribution in [1.29, 1.82) is 0 Å². The van der Waals surface area contributed by atoms with Crippen molar-refractivity contribution in [1.82, 2.24) is 9.97 Å². The monoisotopic (exact) mass is 225 g/mol. The fourth-order valence-electron chi connectivity index (χ4n) is 1.84. The molecule has 1 heterocycles. The third-order valence-electron chi connectivity index (χ3n) is 2.58. The minimum atomic E-state index is -0.493. The number of aromatic nitrogens is 2. The summed E-state index contributed by atoms with van der Waals surface area (Å²) in [6.07, 6.45) is 5.11. The topological polar surface area (TPSA) is 58.0 Å². The van der Waals surface area contributed by atoms with E-state index in [1.807, 2.05) is 19.2 Å². The lowest BCUT2D eigenvalue weighted by Gasteiger charge is -2.41. The van der Waals surface area contributed by atoms with Crippen LogP contribution in [0.4, 0.5) is 5.82 Å². The lowest BCUT2D eigenvalue weighted by molar-refractivity contribution is -0.0235. The average molecular weight is 225 g/mol. The summed E-state index contributed by atoms with van der Waals surface area (Å²) in [4.78, 5) is 8.24. The third-order valence-corrected chi connectivity index (χ3v) is 3.22. The van der Waals surface area contributed by atoms with Gasteiger partial charge in [-0.15, -0.1) is 11.8 Å². The summed E-state index contributed by atoms with van der Waals surface area (Å²) in [5.74, 6) is 0.842. The highest BCUT2D eigenvalue weighted by molar-refractivity contribution is 7.98. The van der Waals surface area contributed by atoms with Gasteiger partial charge in [0.05, 0.1) is 5.60 Å². The molecule has 0 amide bonds. The number of anilines is 1. The number of hydrogen-bond donors (Lipinski definition) is 2. The van der Waals surface area contributed by atoms with Crippen LogP contribution in [-0.4, -0.2) is 33.0 Å². The Labute approximate surface area is 93.5 Å². The zero-order chi connectivity index (χ0) is 10.9. The molecule has 15 heavy (non-hydrogen) atoms. The molecule has 0 spiro atoms. The minimum Gasteiger partial charge on any atom is -0.390 e. The lowest BCUT2D eigenvalue weighted by Crippen LogP contribution is -2.48. The normalized spacial score (nSPS) is 29.7. The Morgan fingerprint density at radius 3 is 2.87 bits per heavy atom. The predicted octanol–water partition coefficient (Wildman–Crippen LogP) is 1.52. The molecule has 4 nitrogen and oxygen atoms in total. The Kier molecular flexibility index (Phi) is 2.84. The average Bonchev–Trinajstić information content (AvgIpc) is 2.15. The summed E-state index contributed by atoms with van der Waals surface area (Å²) in [5.41, 5.74) is -0.493. The van der Waals surface area contributed by atoms with Crippen LogP contribution >= 0.6 is 11.8 Å². The highest BCUT2D eigenvalue weighted by atomic mass is 32.2. The van der Waals surface area contributed by atoms with Gasteiger partial charge in [0.2, 0.25) is 0 Å². The zero-order valence-corrected chi connectivity index (χ0v) is 9.71. The standard InChI is InChI=1S/C10H15N3OS/c1-10(14)4-7(5-10)13-8-3-9(15-2)12-6-11-8/h3,6-7,14H,4-5H2,1-2H3,(H,11,12,13). The molecule has 2 N–H and O–H groups in total. The molecule has 2 rings (SSSR count). The first-order valence-corrected chi connectivity index (χ1v) is 6.16. The lowest BCUT2D eigenvalue weighted by atomic mass is 9.77. The summed E-state index contributed by atoms with van der Waals surface area (Å²) in [5, 5.41) is 13.8. The van der Waals surface area contributed by atoms with Crippen LogP contribution in [0.3, 0.4) is 0 Å². The van der Waals surface area contributed by atoms with E-state index in [1.54, 1.807) is 18.1 Å². The maximum absolute atomic E-state index is 9.59. The molecule has 0 saturated heterocycles. The Balaban J connectivity index is 1.94. The van der Waals surface area contributed by atoms with Gasteiger partial charge in [0.25, 0.3) is 0 Å². The van der Waals surface area contributed by atoms with Crippen molar-refractivity contribution >= 4 is 17.6 Å². The molecule has 0 atom stereocenters. The smallest absolute Gasteiger partial charge is 0.130 e. The van der Waals surface area contributed by atoms with Crippen molar-refractivity contribution in [2.45, 2.75) is 36.4 Å². The van der Waals surface area contributed by atoms with Gasteiger partial charge in [-0.1, -0.05) is 0 Å². The Morgan fingerprint density at radius 1 is 1.53 bits per heavy atom. The highest BCUT2D eigenvalue weighted by Crippen LogP contribution is 2.33. The van der Waals surface area contributed by atoms with Crippen LogP contribution in [0.1, 0.15) is 19.8 Å². The Morgan fingerprint density at radius 2 is 2.27 bits per heavy atom. The molecule has 0 aromatic carbocycles. The number of nitrogens with one attached hydrogen (secondary N) is 1. The first kappa shape index (κ1) is 10.7. The Hall–Kier alpha value is -0.810. The van der Waals surface area contributed by atoms with E-state index in [-0.39, 0.29) is 0 Å². The molecule has 1 aromatic heterocycles. The van der Waals surface area contributed by atoms with E-state index in [4.69, 9.17) is 0 Å². The molecule has 0 radical (unpaired) electrons. The summed E-state index contributed by atoms with van der Waals surface area (Å²) in [6.45, 7) is 1.86. The van der Waals surface area contributed by atoms with Gasteiger partial charge in [-0.3, -0.25) is 0 Å². The third kappa shape index (κ3) is 2.60. The SMILES string of the molecule is CSc1cc(NC2CC(C)(O)C2)ncn1. The van der Waals surface area contributed by atoms with Crippen molar-refractivity contribution < 1.29 is 5.11 Å². The summed E-state index contributed by atoms with van der Waals surface area (Å²) in [6, 6.07) is 2.27. The molecule has 1 aliphatic rings. The van der Waals surface area contributed by atoms with Crippen LogP contribution in [0.15, 0.2) is 17.4 Å². The second-order valence-corrected chi connectivity index (χ2v) is 5.02. The minimum absolute atomic E-state index is 0.338. The van der Waals surface area contributed by atoms with E-state index < -0.39 is 5.60 Å². The van der Waals surface area contributed by atoms with Gasteiger partial charge in [-0.25, -0.2) is 9.97 Å². The molecular weight excluding hydrogens is 210 g/mol. The first-order chi connectivity index (χ1) is 7.09. The van der Waals surface area contributed by atoms with Crippen LogP contribution in [0.25, 0.3) is 0 Å². The molecule has 1 fully saturated rings. The van der Waals surface area contributed by atoms with E-state index in [0.717, 1.165) is 23.7 Å². The quantitative estimate of drug-likeness (QED) is 0.603. The Bertz CT molecular complexity index is 348. The fourth-order valence-corrected chi connectivity index (χ4v) is 2.23. The molecule has 1 aliphatic carbocycles. The van der Waals surface area contributed by atoms with Gasteiger partial charge >= 0.3 is 0 Å². The molecule has 5 heteroatoms. The van der Waals surface area contributed by atoms with Crippen molar-refractivity contribution in [3.63, 3.8) is 0 Å². The maximum atomic E-state index is 9.59. The van der Waals surface area contributed by atoms with Gasteiger partial charge in [0.1, 0.15) is 17.2 Å². The predicted molar refractivity (Wildman–Crippen MR) is 61.1 cm³/mol. The molecule has 0 aliphatic heterocycles. The van der Waals surface area contributed by atoms with Crippen molar-refractivity contribution in [3.8, 4) is 0 Å². The summed E-state index contributed by atoms with van der Waals surface area (Å²) in [7, 11) is 0. The molecule has 0 unspecified atom stereocenters. The zero-order valence-electron chi connectivity index (χ0n) is 8.90. The van der Waals surface area contributed by atoms with Gasteiger partial charge < -0.3 is 10.4 Å². The molecule has 1 saturated carbocycles. The van der Waals surface area contributed by atoms with Crippen molar-refractivity contribution in [2.75, 3.05) is 11.6 Å². The van der Waals surface area contributed by atoms with Crippen LogP contribution in [0.5, 0.6) is 0 Å². The van der Waals surface area contributed by atoms with Gasteiger partial charge in [0, 0.05) is 12.1 Å². The molecule has 1 aromatic rings. The van der Waals surface area contributed by atoms with Crippen LogP contribution in [-0.2, 0) is 0 Å². The number of aliphatic hydroxyl groups is 1. The van der Waals surface area contributed by atoms with Crippen LogP contribution in [0.2, 0.25) is 0 Å². The maximum Gasteiger partial charge on any atom is 0.130 e. The van der Waals surface area contributed by atoms with Crippen LogP contribution < -0.4 is 5.32 Å². The number of rotatable bonds is 3. The fraction of sp³-hybridized carbons (Fsp3) is 0.600. The van der Waals surface area contributed by atoms with E-state index in [0.29, 0.717) is 6.04 Å². The van der Waals surface area contributed by atoms with Gasteiger partial charge in [-0.2, -0.15) is 0 Å². The summed E-state index contributed by atoms with van der Waals surface area (Å²) < 4.78 is 0. The first-order valence-electron chi connectivity index (χ1n) is 4.94. The van der Waals surface area contributed by atoms with Gasteiger partial charge in [-0.05, 0) is 26.0 Å².